The summed E-state index contributed by atoms with van der Waals surface area (Å²) in [5, 5.41) is 0. The minimum atomic E-state index is -2.99. The van der Waals surface area contributed by atoms with Crippen LogP contribution in [0.15, 0.2) is 0 Å². The van der Waals surface area contributed by atoms with Crippen molar-refractivity contribution in [1.82, 2.24) is 0 Å². The van der Waals surface area contributed by atoms with Crippen molar-refractivity contribution in [2.24, 2.45) is 5.92 Å². The summed E-state index contributed by atoms with van der Waals surface area (Å²) in [4.78, 5) is 0. The van der Waals surface area contributed by atoms with Gasteiger partial charge in [0.2, 0.25) is 8.13 Å². The molecular weight excluding hydrogens is 782 g/mol. The van der Waals surface area contributed by atoms with Crippen LogP contribution >= 0.6 is 220 Å². The van der Waals surface area contributed by atoms with Gasteiger partial charge in [0.25, 0.3) is 0 Å². The highest BCUT2D eigenvalue weighted by atomic mass is 35.6. The lowest BCUT2D eigenvalue weighted by molar-refractivity contribution is 0.394. The molecule has 0 aliphatic rings. The predicted molar refractivity (Wildman–Crippen MR) is 137 cm³/mol. The molecule has 0 radical (unpaired) electrons. The van der Waals surface area contributed by atoms with Crippen LogP contribution in [0.4, 0.5) is 0 Å². The van der Waals surface area contributed by atoms with Crippen LogP contribution < -0.4 is 0 Å². The van der Waals surface area contributed by atoms with E-state index in [4.69, 9.17) is 220 Å². The molecule has 0 aliphatic heterocycles. The number of halogens is 19. The van der Waals surface area contributed by atoms with Crippen LogP contribution in [-0.2, 0) is 0 Å². The van der Waals surface area contributed by atoms with Crippen LogP contribution in [0.25, 0.3) is 0 Å². The van der Waals surface area contributed by atoms with E-state index >= 15 is 0 Å². The molecule has 0 spiro atoms. The molecule has 0 atom stereocenters. The van der Waals surface area contributed by atoms with Gasteiger partial charge in [-0.3, -0.25) is 0 Å². The third kappa shape index (κ3) is 6.25. The summed E-state index contributed by atoms with van der Waals surface area (Å²) in [5.41, 5.74) is 0. The largest absolute Gasteiger partial charge is 0.226 e. The highest BCUT2D eigenvalue weighted by Crippen LogP contribution is 2.72. The zero-order chi connectivity index (χ0) is 23.6. The highest BCUT2D eigenvalue weighted by Gasteiger charge is 2.79. The van der Waals surface area contributed by atoms with E-state index in [0.717, 1.165) is 0 Å². The summed E-state index contributed by atoms with van der Waals surface area (Å²) < 4.78 is -22.1. The average Bonchev–Trinajstić information content (AvgIpc) is 2.31. The molecular formula is C9HCl19. The maximum absolute atomic E-state index is 6.24. The van der Waals surface area contributed by atoms with Crippen LogP contribution in [0.2, 0.25) is 0 Å². The molecule has 28 heavy (non-hydrogen) atoms. The topological polar surface area (TPSA) is 0 Å². The normalized spacial score (nSPS) is 16.7. The first-order valence-electron chi connectivity index (χ1n) is 5.71. The molecule has 0 rings (SSSR count). The second kappa shape index (κ2) is 10.1. The fourth-order valence-electron chi connectivity index (χ4n) is 1.56. The third-order valence-corrected chi connectivity index (χ3v) is 12.8. The van der Waals surface area contributed by atoms with Crippen LogP contribution in [-0.4, -0.2) is 33.0 Å². The molecule has 19 heteroatoms. The Balaban J connectivity index is 6.78. The zero-order valence-corrected chi connectivity index (χ0v) is 26.1. The minimum absolute atomic E-state index is 2.02. The Kier molecular flexibility index (Phi) is 12.1. The Labute approximate surface area is 255 Å². The van der Waals surface area contributed by atoms with Gasteiger partial charge in [0.1, 0.15) is 0 Å². The predicted octanol–water partition coefficient (Wildman–Crippen LogP) is 11.6. The summed E-state index contributed by atoms with van der Waals surface area (Å²) in [6.07, 6.45) is 0. The molecule has 0 aromatic rings. The Morgan fingerprint density at radius 3 is 0.786 bits per heavy atom. The maximum Gasteiger partial charge on any atom is 0.226 e. The highest BCUT2D eigenvalue weighted by molar-refractivity contribution is 6.82. The molecule has 170 valence electrons. The molecule has 0 aromatic heterocycles. The lowest BCUT2D eigenvalue weighted by atomic mass is 9.98. The molecule has 0 saturated carbocycles. The van der Waals surface area contributed by atoms with E-state index in [0.29, 0.717) is 0 Å². The minimum Gasteiger partial charge on any atom is -0.0975 e. The monoisotopic (exact) mass is 773 g/mol. The first-order valence-corrected chi connectivity index (χ1v) is 12.9. The first-order chi connectivity index (χ1) is 11.6. The summed E-state index contributed by atoms with van der Waals surface area (Å²) in [5.74, 6) is -2.02. The average molecular weight is 783 g/mol. The van der Waals surface area contributed by atoms with Crippen molar-refractivity contribution in [2.45, 2.75) is 33.0 Å². The van der Waals surface area contributed by atoms with Gasteiger partial charge in [0, 0.05) is 0 Å². The molecule has 0 aromatic carbocycles. The number of rotatable bonds is 5. The van der Waals surface area contributed by atoms with Crippen molar-refractivity contribution in [2.75, 3.05) is 0 Å². The van der Waals surface area contributed by atoms with Gasteiger partial charge >= 0.3 is 0 Å². The van der Waals surface area contributed by atoms with E-state index in [2.05, 4.69) is 0 Å². The van der Waals surface area contributed by atoms with Gasteiger partial charge in [0.15, 0.2) is 24.9 Å². The van der Waals surface area contributed by atoms with Gasteiger partial charge < -0.3 is 0 Å². The van der Waals surface area contributed by atoms with Crippen molar-refractivity contribution in [3.05, 3.63) is 0 Å². The van der Waals surface area contributed by atoms with Gasteiger partial charge in [-0.05, 0) is 0 Å². The molecule has 0 saturated heterocycles. The molecule has 0 unspecified atom stereocenters. The number of alkyl halides is 19. The molecule has 0 heterocycles. The SMILES string of the molecule is ClC(Cl)(Cl)C(C(Cl)(Cl)Cl)C(Cl)(Cl)C(Cl)(Cl)C(Cl)(Cl)C(Cl)(Cl)C(Cl)(Cl)C(Cl)(Cl)Cl. The van der Waals surface area contributed by atoms with Crippen LogP contribution in [0.1, 0.15) is 0 Å². The molecule has 0 amide bonds. The standard InChI is InChI=1S/C9HCl19/c10-2(11,1(3(12,13)14)4(15,16)17)5(18,19)6(20,21)7(22,23)8(24,25)9(26,27)28/h1H. The fourth-order valence-corrected chi connectivity index (χ4v) is 8.86. The van der Waals surface area contributed by atoms with E-state index in [1.165, 1.54) is 0 Å². The third-order valence-electron chi connectivity index (χ3n) is 2.97. The summed E-state index contributed by atoms with van der Waals surface area (Å²) in [6.45, 7) is 0. The van der Waals surface area contributed by atoms with E-state index < -0.39 is 39.0 Å². The van der Waals surface area contributed by atoms with Crippen molar-refractivity contribution >= 4 is 220 Å². The van der Waals surface area contributed by atoms with Crippen LogP contribution in [0.5, 0.6) is 0 Å². The molecule has 0 nitrogen and oxygen atoms in total. The van der Waals surface area contributed by atoms with Crippen LogP contribution in [0, 0.1) is 5.92 Å². The van der Waals surface area contributed by atoms with Gasteiger partial charge in [-0.15, -0.1) is 0 Å². The van der Waals surface area contributed by atoms with Gasteiger partial charge in [-0.1, -0.05) is 220 Å². The number of hydrogen-bond donors (Lipinski definition) is 0. The lowest BCUT2D eigenvalue weighted by Gasteiger charge is -2.53. The van der Waals surface area contributed by atoms with Crippen LogP contribution in [0.3, 0.4) is 0 Å². The Morgan fingerprint density at radius 1 is 0.321 bits per heavy atom. The smallest absolute Gasteiger partial charge is 0.0975 e. The molecule has 0 N–H and O–H groups in total. The fraction of sp³-hybridized carbons (Fsp3) is 1.00. The van der Waals surface area contributed by atoms with E-state index in [-0.39, 0.29) is 0 Å². The van der Waals surface area contributed by atoms with Gasteiger partial charge in [-0.2, -0.15) is 0 Å². The van der Waals surface area contributed by atoms with Crippen molar-refractivity contribution < 1.29 is 0 Å². The van der Waals surface area contributed by atoms with Gasteiger partial charge in [-0.25, -0.2) is 0 Å². The first kappa shape index (κ1) is 33.5. The summed E-state index contributed by atoms with van der Waals surface area (Å²) in [6, 6.07) is 0. The summed E-state index contributed by atoms with van der Waals surface area (Å²) >= 11 is 114. The Morgan fingerprint density at radius 2 is 0.571 bits per heavy atom. The Bertz CT molecular complexity index is 541. The van der Waals surface area contributed by atoms with Crippen molar-refractivity contribution in [1.29, 1.82) is 0 Å². The van der Waals surface area contributed by atoms with Crippen molar-refractivity contribution in [3.8, 4) is 0 Å². The van der Waals surface area contributed by atoms with E-state index in [1.54, 1.807) is 0 Å². The summed E-state index contributed by atoms with van der Waals surface area (Å²) in [7, 11) is 0. The van der Waals surface area contributed by atoms with E-state index in [9.17, 15) is 0 Å². The second-order valence-electron chi connectivity index (χ2n) is 4.93. The number of hydrogen-bond acceptors (Lipinski definition) is 0. The second-order valence-corrected chi connectivity index (χ2v) is 18.6. The van der Waals surface area contributed by atoms with Gasteiger partial charge in [0.05, 0.1) is 5.92 Å². The lowest BCUT2D eigenvalue weighted by Crippen LogP contribution is -2.68. The maximum atomic E-state index is 6.24. The molecule has 0 bridgehead atoms. The molecule has 0 fully saturated rings. The van der Waals surface area contributed by atoms with Crippen molar-refractivity contribution in [3.63, 3.8) is 0 Å². The molecule has 0 aliphatic carbocycles. The van der Waals surface area contributed by atoms with E-state index in [1.807, 2.05) is 0 Å². The quantitative estimate of drug-likeness (QED) is 0.244. The zero-order valence-electron chi connectivity index (χ0n) is 11.8. The Hall–Kier alpha value is 5.51.